The largest absolute Gasteiger partial charge is 0.489 e. The van der Waals surface area contributed by atoms with Crippen molar-refractivity contribution in [2.45, 2.75) is 45.3 Å². The minimum absolute atomic E-state index is 0.0142. The Labute approximate surface area is 196 Å². The lowest BCUT2D eigenvalue weighted by Gasteiger charge is -2.35. The van der Waals surface area contributed by atoms with E-state index in [1.807, 2.05) is 49.4 Å². The highest BCUT2D eigenvalue weighted by atomic mass is 35.5. The lowest BCUT2D eigenvalue weighted by atomic mass is 9.74. The molecule has 0 aromatic heterocycles. The van der Waals surface area contributed by atoms with Crippen molar-refractivity contribution in [2.24, 2.45) is 5.41 Å². The molecule has 7 heteroatoms. The van der Waals surface area contributed by atoms with Gasteiger partial charge in [0.15, 0.2) is 0 Å². The number of fused-ring (bicyclic) bond motifs is 1. The van der Waals surface area contributed by atoms with Crippen LogP contribution in [0.3, 0.4) is 0 Å². The van der Waals surface area contributed by atoms with Crippen LogP contribution in [0.4, 0.5) is 4.39 Å². The highest BCUT2D eigenvalue weighted by Crippen LogP contribution is 2.40. The van der Waals surface area contributed by atoms with E-state index >= 15 is 0 Å². The van der Waals surface area contributed by atoms with E-state index < -0.39 is 22.8 Å². The van der Waals surface area contributed by atoms with Crippen LogP contribution in [0.5, 0.6) is 5.75 Å². The number of rotatable bonds is 6. The molecule has 0 radical (unpaired) electrons. The van der Waals surface area contributed by atoms with Gasteiger partial charge in [0.05, 0.1) is 22.1 Å². The molecule has 33 heavy (non-hydrogen) atoms. The number of hydrogen-bond donors (Lipinski definition) is 1. The lowest BCUT2D eigenvalue weighted by Crippen LogP contribution is -2.37. The van der Waals surface area contributed by atoms with Crippen LogP contribution in [0, 0.1) is 11.2 Å². The fourth-order valence-electron chi connectivity index (χ4n) is 4.25. The number of aromatic carboxylic acids is 1. The average molecular weight is 471 g/mol. The van der Waals surface area contributed by atoms with Gasteiger partial charge >= 0.3 is 11.9 Å². The molecule has 0 spiro atoms. The second-order valence-electron chi connectivity index (χ2n) is 8.66. The summed E-state index contributed by atoms with van der Waals surface area (Å²) in [5, 5.41) is 11.3. The fraction of sp³-hybridized carbons (Fsp3) is 0.308. The topological polar surface area (TPSA) is 72.8 Å². The maximum Gasteiger partial charge on any atom is 0.338 e. The zero-order chi connectivity index (χ0) is 23.6. The number of benzene rings is 3. The molecule has 172 valence electrons. The van der Waals surface area contributed by atoms with E-state index in [4.69, 9.17) is 26.2 Å². The number of carbonyl (C=O) groups excluding carboxylic acids is 1. The molecular weight excluding hydrogens is 447 g/mol. The molecule has 5 nitrogen and oxygen atoms in total. The number of halogens is 2. The molecule has 0 heterocycles. The van der Waals surface area contributed by atoms with E-state index in [9.17, 15) is 14.0 Å². The first-order chi connectivity index (χ1) is 15.8. The van der Waals surface area contributed by atoms with Crippen LogP contribution in [-0.4, -0.2) is 23.1 Å². The van der Waals surface area contributed by atoms with Crippen molar-refractivity contribution >= 4 is 34.3 Å². The molecule has 1 fully saturated rings. The SMILES string of the molecule is CC1(C(=O)OCc2cccc3ccccc23)CCC(Oc2cc(C(=O)O)c(F)cc2Cl)CC1. The average Bonchev–Trinajstić information content (AvgIpc) is 2.80. The van der Waals surface area contributed by atoms with Crippen LogP contribution in [0.2, 0.25) is 5.02 Å². The first kappa shape index (κ1) is 23.1. The Morgan fingerprint density at radius 3 is 2.55 bits per heavy atom. The maximum atomic E-state index is 13.8. The summed E-state index contributed by atoms with van der Waals surface area (Å²) in [5.74, 6) is -2.42. The predicted octanol–water partition coefficient (Wildman–Crippen LogP) is 6.40. The molecule has 1 aliphatic carbocycles. The summed E-state index contributed by atoms with van der Waals surface area (Å²) in [7, 11) is 0. The molecule has 0 saturated heterocycles. The summed E-state index contributed by atoms with van der Waals surface area (Å²) in [4.78, 5) is 24.1. The molecule has 0 aliphatic heterocycles. The smallest absolute Gasteiger partial charge is 0.338 e. The molecule has 1 aliphatic rings. The first-order valence-corrected chi connectivity index (χ1v) is 11.2. The van der Waals surface area contributed by atoms with Gasteiger partial charge in [0, 0.05) is 0 Å². The van der Waals surface area contributed by atoms with Crippen LogP contribution < -0.4 is 4.74 Å². The summed E-state index contributed by atoms with van der Waals surface area (Å²) in [6.45, 7) is 2.10. The van der Waals surface area contributed by atoms with Gasteiger partial charge in [-0.15, -0.1) is 0 Å². The number of carboxylic acids is 1. The van der Waals surface area contributed by atoms with E-state index in [0.717, 1.165) is 28.5 Å². The van der Waals surface area contributed by atoms with E-state index in [-0.39, 0.29) is 29.5 Å². The van der Waals surface area contributed by atoms with Crippen molar-refractivity contribution < 1.29 is 28.6 Å². The third kappa shape index (κ3) is 4.96. The monoisotopic (exact) mass is 470 g/mol. The molecule has 1 saturated carbocycles. The van der Waals surface area contributed by atoms with Crippen molar-refractivity contribution in [2.75, 3.05) is 0 Å². The molecule has 3 aromatic carbocycles. The van der Waals surface area contributed by atoms with Gasteiger partial charge in [-0.2, -0.15) is 0 Å². The van der Waals surface area contributed by atoms with E-state index in [1.165, 1.54) is 0 Å². The van der Waals surface area contributed by atoms with Crippen LogP contribution in [0.1, 0.15) is 48.5 Å². The zero-order valence-electron chi connectivity index (χ0n) is 18.1. The van der Waals surface area contributed by atoms with Gasteiger partial charge in [0.2, 0.25) is 0 Å². The quantitative estimate of drug-likeness (QED) is 0.422. The Kier molecular flexibility index (Phi) is 6.56. The number of hydrogen-bond acceptors (Lipinski definition) is 4. The van der Waals surface area contributed by atoms with Gasteiger partial charge in [0.1, 0.15) is 18.2 Å². The predicted molar refractivity (Wildman–Crippen MR) is 123 cm³/mol. The summed E-state index contributed by atoms with van der Waals surface area (Å²) in [6, 6.07) is 16.0. The van der Waals surface area contributed by atoms with Crippen LogP contribution in [0.25, 0.3) is 10.8 Å². The Balaban J connectivity index is 1.37. The Hall–Kier alpha value is -3.12. The van der Waals surface area contributed by atoms with Gasteiger partial charge in [-0.05, 0) is 61.1 Å². The van der Waals surface area contributed by atoms with Crippen molar-refractivity contribution in [1.82, 2.24) is 0 Å². The molecule has 0 unspecified atom stereocenters. The second-order valence-corrected chi connectivity index (χ2v) is 9.07. The van der Waals surface area contributed by atoms with Crippen LogP contribution >= 0.6 is 11.6 Å². The normalized spacial score (nSPS) is 20.4. The molecule has 0 atom stereocenters. The lowest BCUT2D eigenvalue weighted by molar-refractivity contribution is -0.159. The molecule has 3 aromatic rings. The van der Waals surface area contributed by atoms with Gasteiger partial charge in [-0.25, -0.2) is 9.18 Å². The second kappa shape index (κ2) is 9.40. The Bertz CT molecular complexity index is 1200. The summed E-state index contributed by atoms with van der Waals surface area (Å²) in [6.07, 6.45) is 1.98. The van der Waals surface area contributed by atoms with E-state index in [1.54, 1.807) is 0 Å². The number of carboxylic acid groups (broad SMARTS) is 1. The zero-order valence-corrected chi connectivity index (χ0v) is 18.9. The standard InChI is InChI=1S/C26H24ClFO5/c1-26(25(31)32-15-17-7-4-6-16-5-2-3-8-19(16)17)11-9-18(10-12-26)33-23-13-20(24(29)30)22(28)14-21(23)27/h2-8,13-14,18H,9-12,15H2,1H3,(H,29,30). The summed E-state index contributed by atoms with van der Waals surface area (Å²) < 4.78 is 25.3. The minimum Gasteiger partial charge on any atom is -0.489 e. The van der Waals surface area contributed by atoms with Gasteiger partial charge < -0.3 is 14.6 Å². The molecule has 4 rings (SSSR count). The van der Waals surface area contributed by atoms with Gasteiger partial charge in [-0.1, -0.05) is 54.1 Å². The minimum atomic E-state index is -1.39. The number of ether oxygens (including phenoxy) is 2. The summed E-state index contributed by atoms with van der Waals surface area (Å²) >= 11 is 6.04. The van der Waals surface area contributed by atoms with Crippen molar-refractivity contribution in [3.8, 4) is 5.75 Å². The van der Waals surface area contributed by atoms with Crippen LogP contribution in [-0.2, 0) is 16.1 Å². The molecule has 0 bridgehead atoms. The third-order valence-corrected chi connectivity index (χ3v) is 6.61. The van der Waals surface area contributed by atoms with Gasteiger partial charge in [0.25, 0.3) is 0 Å². The maximum absolute atomic E-state index is 13.8. The Morgan fingerprint density at radius 2 is 1.82 bits per heavy atom. The number of carbonyl (C=O) groups is 2. The first-order valence-electron chi connectivity index (χ1n) is 10.8. The van der Waals surface area contributed by atoms with Crippen LogP contribution in [0.15, 0.2) is 54.6 Å². The summed E-state index contributed by atoms with van der Waals surface area (Å²) in [5.41, 5.74) is -0.169. The highest BCUT2D eigenvalue weighted by Gasteiger charge is 2.39. The van der Waals surface area contributed by atoms with Crippen molar-refractivity contribution in [1.29, 1.82) is 0 Å². The molecule has 1 N–H and O–H groups in total. The Morgan fingerprint density at radius 1 is 1.12 bits per heavy atom. The van der Waals surface area contributed by atoms with Crippen molar-refractivity contribution in [3.63, 3.8) is 0 Å². The number of esters is 1. The molecule has 0 amide bonds. The molecular formula is C26H24ClFO5. The fourth-order valence-corrected chi connectivity index (χ4v) is 4.44. The third-order valence-electron chi connectivity index (χ3n) is 6.31. The van der Waals surface area contributed by atoms with E-state index in [2.05, 4.69) is 0 Å². The van der Waals surface area contributed by atoms with Crippen molar-refractivity contribution in [3.05, 3.63) is 76.6 Å². The van der Waals surface area contributed by atoms with Gasteiger partial charge in [-0.3, -0.25) is 4.79 Å². The highest BCUT2D eigenvalue weighted by molar-refractivity contribution is 6.32. The van der Waals surface area contributed by atoms with E-state index in [0.29, 0.717) is 25.7 Å².